The molecule has 1 aromatic carbocycles. The number of hydrogen-bond donors (Lipinski definition) is 1. The van der Waals surface area contributed by atoms with Gasteiger partial charge in [-0.2, -0.15) is 16.4 Å². The molecule has 1 N–H and O–H groups in total. The molecule has 0 saturated carbocycles. The van der Waals surface area contributed by atoms with Crippen molar-refractivity contribution < 1.29 is 0 Å². The maximum atomic E-state index is 4.42. The lowest BCUT2D eigenvalue weighted by Crippen LogP contribution is -2.20. The predicted molar refractivity (Wildman–Crippen MR) is 88.9 cm³/mol. The Morgan fingerprint density at radius 3 is 2.76 bits per heavy atom. The number of rotatable bonds is 6. The van der Waals surface area contributed by atoms with Gasteiger partial charge in [0.05, 0.1) is 12.7 Å². The minimum Gasteiger partial charge on any atom is -0.367 e. The number of hydrogen-bond acceptors (Lipinski definition) is 3. The molecular formula is C17H19N3S. The third-order valence-corrected chi connectivity index (χ3v) is 4.14. The second kappa shape index (κ2) is 6.59. The van der Waals surface area contributed by atoms with Crippen molar-refractivity contribution in [2.75, 3.05) is 5.32 Å². The van der Waals surface area contributed by atoms with E-state index >= 15 is 0 Å². The van der Waals surface area contributed by atoms with Crippen molar-refractivity contribution >= 4 is 17.2 Å². The van der Waals surface area contributed by atoms with Crippen molar-refractivity contribution in [2.24, 2.45) is 0 Å². The molecule has 3 rings (SSSR count). The zero-order valence-electron chi connectivity index (χ0n) is 12.1. The largest absolute Gasteiger partial charge is 0.367 e. The van der Waals surface area contributed by atoms with Gasteiger partial charge in [0, 0.05) is 12.1 Å². The summed E-state index contributed by atoms with van der Waals surface area (Å²) in [5.41, 5.74) is 2.64. The van der Waals surface area contributed by atoms with Gasteiger partial charge >= 0.3 is 0 Å². The topological polar surface area (TPSA) is 29.9 Å². The number of anilines is 1. The van der Waals surface area contributed by atoms with E-state index in [4.69, 9.17) is 0 Å². The van der Waals surface area contributed by atoms with E-state index in [0.717, 1.165) is 18.8 Å². The quantitative estimate of drug-likeness (QED) is 0.744. The molecule has 4 heteroatoms. The van der Waals surface area contributed by atoms with Gasteiger partial charge in [0.1, 0.15) is 5.82 Å². The fourth-order valence-corrected chi connectivity index (χ4v) is 3.08. The highest BCUT2D eigenvalue weighted by Gasteiger charge is 2.08. The molecule has 2 aromatic heterocycles. The molecule has 0 bridgehead atoms. The second-order valence-electron chi connectivity index (χ2n) is 5.24. The van der Waals surface area contributed by atoms with E-state index < -0.39 is 0 Å². The SMILES string of the molecule is C[C@@H](Cc1ccsc1)Nc1ccnn1Cc1ccccc1. The molecular weight excluding hydrogens is 278 g/mol. The smallest absolute Gasteiger partial charge is 0.124 e. The van der Waals surface area contributed by atoms with Crippen LogP contribution in [0.2, 0.25) is 0 Å². The summed E-state index contributed by atoms with van der Waals surface area (Å²) in [7, 11) is 0. The molecule has 0 aliphatic rings. The van der Waals surface area contributed by atoms with Crippen LogP contribution in [0, 0.1) is 0 Å². The molecule has 3 nitrogen and oxygen atoms in total. The average Bonchev–Trinajstić information content (AvgIpc) is 3.13. The Labute approximate surface area is 129 Å². The Morgan fingerprint density at radius 2 is 2.00 bits per heavy atom. The maximum absolute atomic E-state index is 4.42. The van der Waals surface area contributed by atoms with Gasteiger partial charge in [0.25, 0.3) is 0 Å². The highest BCUT2D eigenvalue weighted by atomic mass is 32.1. The van der Waals surface area contributed by atoms with Gasteiger partial charge in [-0.05, 0) is 41.3 Å². The van der Waals surface area contributed by atoms with Crippen LogP contribution < -0.4 is 5.32 Å². The molecule has 0 saturated heterocycles. The van der Waals surface area contributed by atoms with Crippen LogP contribution in [0.15, 0.2) is 59.4 Å². The Hall–Kier alpha value is -2.07. The Kier molecular flexibility index (Phi) is 4.36. The first-order valence-corrected chi connectivity index (χ1v) is 8.09. The third-order valence-electron chi connectivity index (χ3n) is 3.41. The van der Waals surface area contributed by atoms with Crippen molar-refractivity contribution in [1.82, 2.24) is 9.78 Å². The molecule has 1 atom stereocenters. The highest BCUT2D eigenvalue weighted by molar-refractivity contribution is 7.07. The second-order valence-corrected chi connectivity index (χ2v) is 6.02. The van der Waals surface area contributed by atoms with Crippen LogP contribution in [0.4, 0.5) is 5.82 Å². The van der Waals surface area contributed by atoms with E-state index in [9.17, 15) is 0 Å². The summed E-state index contributed by atoms with van der Waals surface area (Å²) in [4.78, 5) is 0. The molecule has 108 valence electrons. The molecule has 0 radical (unpaired) electrons. The van der Waals surface area contributed by atoms with Crippen LogP contribution >= 0.6 is 11.3 Å². The fourth-order valence-electron chi connectivity index (χ4n) is 2.40. The molecule has 0 aliphatic carbocycles. The van der Waals surface area contributed by atoms with Gasteiger partial charge in [-0.15, -0.1) is 0 Å². The monoisotopic (exact) mass is 297 g/mol. The summed E-state index contributed by atoms with van der Waals surface area (Å²) >= 11 is 1.75. The van der Waals surface area contributed by atoms with Crippen LogP contribution in [-0.4, -0.2) is 15.8 Å². The van der Waals surface area contributed by atoms with E-state index in [1.54, 1.807) is 11.3 Å². The van der Waals surface area contributed by atoms with Crippen molar-refractivity contribution in [3.8, 4) is 0 Å². The summed E-state index contributed by atoms with van der Waals surface area (Å²) in [6.45, 7) is 3.00. The van der Waals surface area contributed by atoms with E-state index in [1.165, 1.54) is 11.1 Å². The van der Waals surface area contributed by atoms with Gasteiger partial charge in [-0.1, -0.05) is 30.3 Å². The number of nitrogens with one attached hydrogen (secondary N) is 1. The normalized spacial score (nSPS) is 12.2. The minimum absolute atomic E-state index is 0.380. The van der Waals surface area contributed by atoms with Gasteiger partial charge in [-0.3, -0.25) is 0 Å². The lowest BCUT2D eigenvalue weighted by molar-refractivity contribution is 0.675. The first kappa shape index (κ1) is 13.9. The molecule has 0 unspecified atom stereocenters. The Bertz CT molecular complexity index is 658. The molecule has 0 amide bonds. The number of nitrogens with zero attached hydrogens (tertiary/aromatic N) is 2. The summed E-state index contributed by atoms with van der Waals surface area (Å²) in [6.07, 6.45) is 2.88. The summed E-state index contributed by atoms with van der Waals surface area (Å²) in [5.74, 6) is 1.07. The van der Waals surface area contributed by atoms with Crippen molar-refractivity contribution in [1.29, 1.82) is 0 Å². The number of benzene rings is 1. The van der Waals surface area contributed by atoms with Crippen molar-refractivity contribution in [3.05, 3.63) is 70.5 Å². The van der Waals surface area contributed by atoms with Crippen LogP contribution in [0.25, 0.3) is 0 Å². The van der Waals surface area contributed by atoms with Gasteiger partial charge in [0.15, 0.2) is 0 Å². The van der Waals surface area contributed by atoms with E-state index in [2.05, 4.69) is 58.4 Å². The van der Waals surface area contributed by atoms with Gasteiger partial charge in [0.2, 0.25) is 0 Å². The average molecular weight is 297 g/mol. The zero-order valence-corrected chi connectivity index (χ0v) is 12.9. The predicted octanol–water partition coefficient (Wildman–Crippen LogP) is 4.04. The molecule has 21 heavy (non-hydrogen) atoms. The Morgan fingerprint density at radius 1 is 1.14 bits per heavy atom. The van der Waals surface area contributed by atoms with Crippen LogP contribution in [-0.2, 0) is 13.0 Å². The minimum atomic E-state index is 0.380. The molecule has 2 heterocycles. The fraction of sp³-hybridized carbons (Fsp3) is 0.235. The van der Waals surface area contributed by atoms with E-state index in [0.29, 0.717) is 6.04 Å². The number of aromatic nitrogens is 2. The van der Waals surface area contributed by atoms with Gasteiger partial charge < -0.3 is 5.32 Å². The first-order chi connectivity index (χ1) is 10.3. The van der Waals surface area contributed by atoms with Crippen LogP contribution in [0.5, 0.6) is 0 Å². The van der Waals surface area contributed by atoms with Crippen molar-refractivity contribution in [3.63, 3.8) is 0 Å². The van der Waals surface area contributed by atoms with Crippen LogP contribution in [0.1, 0.15) is 18.1 Å². The van der Waals surface area contributed by atoms with Crippen molar-refractivity contribution in [2.45, 2.75) is 25.9 Å². The lowest BCUT2D eigenvalue weighted by atomic mass is 10.1. The van der Waals surface area contributed by atoms with Gasteiger partial charge in [-0.25, -0.2) is 4.68 Å². The summed E-state index contributed by atoms with van der Waals surface area (Å²) < 4.78 is 2.01. The third kappa shape index (κ3) is 3.73. The molecule has 0 spiro atoms. The standard InChI is InChI=1S/C17H19N3S/c1-14(11-16-8-10-21-13-16)19-17-7-9-18-20(17)12-15-5-3-2-4-6-15/h2-10,13-14,19H,11-12H2,1H3/t14-/m0/s1. The lowest BCUT2D eigenvalue weighted by Gasteiger charge is -2.16. The molecule has 0 fully saturated rings. The molecule has 3 aromatic rings. The maximum Gasteiger partial charge on any atom is 0.124 e. The first-order valence-electron chi connectivity index (χ1n) is 7.14. The van der Waals surface area contributed by atoms with Crippen LogP contribution in [0.3, 0.4) is 0 Å². The van der Waals surface area contributed by atoms with E-state index in [-0.39, 0.29) is 0 Å². The highest BCUT2D eigenvalue weighted by Crippen LogP contribution is 2.14. The summed E-state index contributed by atoms with van der Waals surface area (Å²) in [6, 6.07) is 15.0. The number of thiophene rings is 1. The Balaban J connectivity index is 1.65. The van der Waals surface area contributed by atoms with E-state index in [1.807, 2.05) is 23.0 Å². The molecule has 0 aliphatic heterocycles. The summed E-state index contributed by atoms with van der Waals surface area (Å²) in [5, 5.41) is 12.3. The zero-order chi connectivity index (χ0) is 14.5.